The Balaban J connectivity index is 1.56. The normalized spacial score (nSPS) is 31.7. The van der Waals surface area contributed by atoms with E-state index < -0.39 is 5.60 Å². The highest BCUT2D eigenvalue weighted by atomic mass is 16.7. The lowest BCUT2D eigenvalue weighted by molar-refractivity contribution is -0.199. The van der Waals surface area contributed by atoms with Crippen LogP contribution in [0.5, 0.6) is 5.75 Å². The van der Waals surface area contributed by atoms with E-state index in [4.69, 9.17) is 18.8 Å². The van der Waals surface area contributed by atoms with E-state index in [1.54, 1.807) is 7.11 Å². The number of esters is 1. The molecular weight excluding hydrogens is 379 g/mol. The van der Waals surface area contributed by atoms with Crippen LogP contribution in [0.3, 0.4) is 0 Å². The highest BCUT2D eigenvalue weighted by molar-refractivity contribution is 6.45. The molecule has 30 heavy (non-hydrogen) atoms. The molecule has 1 aromatic rings. The minimum absolute atomic E-state index is 0.156. The van der Waals surface area contributed by atoms with Crippen molar-refractivity contribution in [1.82, 2.24) is 0 Å². The molecule has 4 atom stereocenters. The van der Waals surface area contributed by atoms with Gasteiger partial charge in [0, 0.05) is 6.32 Å². The van der Waals surface area contributed by atoms with Crippen LogP contribution in [0.4, 0.5) is 0 Å². The van der Waals surface area contributed by atoms with Crippen molar-refractivity contribution in [3.8, 4) is 5.75 Å². The van der Waals surface area contributed by atoms with E-state index in [0.29, 0.717) is 29.0 Å². The van der Waals surface area contributed by atoms with Gasteiger partial charge in [0.15, 0.2) is 0 Å². The second-order valence-electron chi connectivity index (χ2n) is 11.0. The van der Waals surface area contributed by atoms with Crippen LogP contribution in [-0.2, 0) is 20.4 Å². The maximum Gasteiger partial charge on any atom is 0.462 e. The smallest absolute Gasteiger partial charge is 0.462 e. The third-order valence-corrected chi connectivity index (χ3v) is 7.75. The Morgan fingerprint density at radius 3 is 2.53 bits per heavy atom. The van der Waals surface area contributed by atoms with E-state index in [-0.39, 0.29) is 24.8 Å². The van der Waals surface area contributed by atoms with Crippen LogP contribution in [0.15, 0.2) is 12.1 Å². The summed E-state index contributed by atoms with van der Waals surface area (Å²) in [6.07, 6.45) is 3.07. The molecule has 1 heterocycles. The fraction of sp³-hybridized carbons (Fsp3) is 0.708. The molecule has 5 nitrogen and oxygen atoms in total. The number of hydrogen-bond acceptors (Lipinski definition) is 5. The maximum atomic E-state index is 12.9. The molecule has 5 rings (SSSR count). The summed E-state index contributed by atoms with van der Waals surface area (Å²) in [6.45, 7) is 14.5. The highest BCUT2D eigenvalue weighted by Gasteiger charge is 2.67. The van der Waals surface area contributed by atoms with Gasteiger partial charge in [-0.05, 0) is 81.9 Å². The molecule has 1 aromatic carbocycles. The number of methoxy groups -OCH3 is 1. The van der Waals surface area contributed by atoms with Crippen molar-refractivity contribution >= 4 is 13.1 Å². The van der Waals surface area contributed by atoms with E-state index in [1.165, 1.54) is 6.42 Å². The van der Waals surface area contributed by atoms with Crippen molar-refractivity contribution in [2.45, 2.75) is 84.9 Å². The molecule has 1 unspecified atom stereocenters. The Morgan fingerprint density at radius 2 is 1.93 bits per heavy atom. The van der Waals surface area contributed by atoms with Crippen molar-refractivity contribution in [2.75, 3.05) is 7.11 Å². The van der Waals surface area contributed by atoms with E-state index in [9.17, 15) is 4.79 Å². The predicted octanol–water partition coefficient (Wildman–Crippen LogP) is 4.77. The SMILES string of the molecule is COc1ccc(CB2OC3C[C@@H]4C[C@@H](C4(C)C)[C@]3(C)O2)c(C)c1C(=O)OC(C)(C)C. The fourth-order valence-electron chi connectivity index (χ4n) is 5.92. The third-order valence-electron chi connectivity index (χ3n) is 7.75. The number of benzene rings is 1. The monoisotopic (exact) mass is 414 g/mol. The van der Waals surface area contributed by atoms with Crippen LogP contribution in [0.25, 0.3) is 0 Å². The molecule has 0 aromatic heterocycles. The zero-order chi connectivity index (χ0) is 22.1. The van der Waals surface area contributed by atoms with E-state index in [2.05, 4.69) is 20.8 Å². The molecule has 0 spiro atoms. The van der Waals surface area contributed by atoms with Gasteiger partial charge in [0.2, 0.25) is 0 Å². The molecule has 4 fully saturated rings. The quantitative estimate of drug-likeness (QED) is 0.525. The van der Waals surface area contributed by atoms with Crippen LogP contribution in [0.2, 0.25) is 0 Å². The van der Waals surface area contributed by atoms with Gasteiger partial charge in [0.25, 0.3) is 0 Å². The summed E-state index contributed by atoms with van der Waals surface area (Å²) in [4.78, 5) is 12.9. The van der Waals surface area contributed by atoms with Crippen molar-refractivity contribution < 1.29 is 23.6 Å². The largest absolute Gasteiger partial charge is 0.496 e. The van der Waals surface area contributed by atoms with Crippen LogP contribution in [-0.4, -0.2) is 37.5 Å². The van der Waals surface area contributed by atoms with Gasteiger partial charge in [0.1, 0.15) is 16.9 Å². The average Bonchev–Trinajstić information content (AvgIpc) is 2.96. The Hall–Kier alpha value is -1.53. The van der Waals surface area contributed by atoms with Gasteiger partial charge >= 0.3 is 13.1 Å². The van der Waals surface area contributed by atoms with Crippen molar-refractivity contribution in [2.24, 2.45) is 17.3 Å². The van der Waals surface area contributed by atoms with Crippen molar-refractivity contribution in [1.29, 1.82) is 0 Å². The lowest BCUT2D eigenvalue weighted by Gasteiger charge is -2.64. The zero-order valence-electron chi connectivity index (χ0n) is 19.6. The van der Waals surface area contributed by atoms with Crippen LogP contribution < -0.4 is 4.74 Å². The van der Waals surface area contributed by atoms with Gasteiger partial charge in [-0.2, -0.15) is 0 Å². The molecule has 4 aliphatic rings. The van der Waals surface area contributed by atoms with Gasteiger partial charge in [0.05, 0.1) is 18.8 Å². The molecule has 3 saturated carbocycles. The molecular formula is C24H35BO5. The Morgan fingerprint density at radius 1 is 1.23 bits per heavy atom. The van der Waals surface area contributed by atoms with E-state index in [1.807, 2.05) is 39.8 Å². The lowest BCUT2D eigenvalue weighted by atomic mass is 9.43. The molecule has 3 aliphatic carbocycles. The minimum Gasteiger partial charge on any atom is -0.496 e. The first kappa shape index (κ1) is 21.7. The zero-order valence-corrected chi connectivity index (χ0v) is 19.6. The topological polar surface area (TPSA) is 54.0 Å². The van der Waals surface area contributed by atoms with Gasteiger partial charge < -0.3 is 18.8 Å². The summed E-state index contributed by atoms with van der Waals surface area (Å²) >= 11 is 0. The Bertz CT molecular complexity index is 858. The lowest BCUT2D eigenvalue weighted by Crippen LogP contribution is -2.65. The second kappa shape index (κ2) is 6.99. The standard InChI is InChI=1S/C24H35BO5/c1-14-15(9-10-17(27-8)20(14)21(26)28-22(2,3)4)13-25-29-19-12-16-11-18(23(16,5)6)24(19,7)30-25/h9-10,16,18-19H,11-13H2,1-8H3/t16-,18-,19?,24-/m0/s1. The van der Waals surface area contributed by atoms with E-state index >= 15 is 0 Å². The second-order valence-corrected chi connectivity index (χ2v) is 11.0. The summed E-state index contributed by atoms with van der Waals surface area (Å²) in [5.74, 6) is 1.43. The number of carbonyl (C=O) groups excluding carboxylic acids is 1. The third kappa shape index (κ3) is 3.36. The average molecular weight is 414 g/mol. The summed E-state index contributed by atoms with van der Waals surface area (Å²) in [6, 6.07) is 3.84. The highest BCUT2D eigenvalue weighted by Crippen LogP contribution is 2.65. The van der Waals surface area contributed by atoms with Crippen molar-refractivity contribution in [3.63, 3.8) is 0 Å². The maximum absolute atomic E-state index is 12.9. The van der Waals surface area contributed by atoms with Crippen LogP contribution >= 0.6 is 0 Å². The molecule has 1 aliphatic heterocycles. The number of carbonyl (C=O) groups is 1. The van der Waals surface area contributed by atoms with Crippen molar-refractivity contribution in [3.05, 3.63) is 28.8 Å². The van der Waals surface area contributed by atoms with Gasteiger partial charge in [-0.15, -0.1) is 0 Å². The molecule has 6 heteroatoms. The molecule has 0 amide bonds. The molecule has 164 valence electrons. The fourth-order valence-corrected chi connectivity index (χ4v) is 5.92. The number of hydrogen-bond donors (Lipinski definition) is 0. The molecule has 1 saturated heterocycles. The van der Waals surface area contributed by atoms with Gasteiger partial charge in [-0.3, -0.25) is 0 Å². The predicted molar refractivity (Wildman–Crippen MR) is 117 cm³/mol. The summed E-state index contributed by atoms with van der Waals surface area (Å²) < 4.78 is 24.0. The number of rotatable bonds is 4. The van der Waals surface area contributed by atoms with Crippen LogP contribution in [0, 0.1) is 24.2 Å². The first-order chi connectivity index (χ1) is 13.9. The summed E-state index contributed by atoms with van der Waals surface area (Å²) in [5, 5.41) is 0. The molecule has 2 bridgehead atoms. The first-order valence-electron chi connectivity index (χ1n) is 11.1. The molecule has 0 N–H and O–H groups in total. The molecule has 0 radical (unpaired) electrons. The van der Waals surface area contributed by atoms with Crippen LogP contribution in [0.1, 0.15) is 75.9 Å². The first-order valence-corrected chi connectivity index (χ1v) is 11.1. The summed E-state index contributed by atoms with van der Waals surface area (Å²) in [5.41, 5.74) is 1.90. The van der Waals surface area contributed by atoms with Gasteiger partial charge in [-0.1, -0.05) is 19.9 Å². The number of ether oxygens (including phenoxy) is 2. The Kier molecular flexibility index (Phi) is 5.06. The van der Waals surface area contributed by atoms with Gasteiger partial charge in [-0.25, -0.2) is 4.79 Å². The van der Waals surface area contributed by atoms with E-state index in [0.717, 1.165) is 23.5 Å². The Labute approximate surface area is 180 Å². The summed E-state index contributed by atoms with van der Waals surface area (Å²) in [7, 11) is 1.28. The minimum atomic E-state index is -0.569.